The maximum atomic E-state index is 11.7. The summed E-state index contributed by atoms with van der Waals surface area (Å²) in [6, 6.07) is 9.43. The Morgan fingerprint density at radius 2 is 2.08 bits per heavy atom. The van der Waals surface area contributed by atoms with E-state index in [0.29, 0.717) is 23.9 Å². The number of nitrogens with one attached hydrogen (secondary N) is 1. The molecule has 1 aromatic carbocycles. The fourth-order valence-electron chi connectivity index (χ4n) is 2.90. The van der Waals surface area contributed by atoms with Crippen LogP contribution in [0.15, 0.2) is 30.3 Å². The molecule has 0 bridgehead atoms. The number of sulfone groups is 1. The highest BCUT2D eigenvalue weighted by molar-refractivity contribution is 7.91. The van der Waals surface area contributed by atoms with Crippen molar-refractivity contribution in [3.05, 3.63) is 46.6 Å². The van der Waals surface area contributed by atoms with Crippen molar-refractivity contribution in [2.75, 3.05) is 28.8 Å². The number of aryl methyl sites for hydroxylation is 1. The zero-order chi connectivity index (χ0) is 18.0. The van der Waals surface area contributed by atoms with Gasteiger partial charge in [-0.05, 0) is 25.0 Å². The quantitative estimate of drug-likeness (QED) is 0.859. The van der Waals surface area contributed by atoms with Crippen LogP contribution in [0.1, 0.15) is 17.7 Å². The third-order valence-electron chi connectivity index (χ3n) is 4.35. The molecule has 134 valence electrons. The second-order valence-corrected chi connectivity index (χ2v) is 8.94. The van der Waals surface area contributed by atoms with Gasteiger partial charge in [0.25, 0.3) is 0 Å². The fourth-order valence-corrected chi connectivity index (χ4v) is 4.87. The van der Waals surface area contributed by atoms with E-state index >= 15 is 0 Å². The molecule has 6 nitrogen and oxygen atoms in total. The van der Waals surface area contributed by atoms with Gasteiger partial charge in [-0.1, -0.05) is 29.8 Å². The van der Waals surface area contributed by atoms with Gasteiger partial charge in [0.2, 0.25) is 5.95 Å². The number of anilines is 2. The first-order chi connectivity index (χ1) is 11.8. The molecule has 1 aromatic heterocycles. The van der Waals surface area contributed by atoms with Crippen molar-refractivity contribution in [3.63, 3.8) is 0 Å². The fraction of sp³-hybridized carbons (Fsp3) is 0.412. The molecule has 2 heterocycles. The number of hydrogen-bond donors (Lipinski definition) is 1. The standard InChI is InChI=1S/C17H21ClN4O2S/c1-12-9-16(22(2)14-7-8-25(23,24)11-14)21-17(20-12)19-10-13-5-3-4-6-15(13)18/h3-6,9,14H,7-8,10-11H2,1-2H3,(H,19,20,21). The molecule has 1 atom stereocenters. The summed E-state index contributed by atoms with van der Waals surface area (Å²) >= 11 is 6.17. The molecule has 1 N–H and O–H groups in total. The van der Waals surface area contributed by atoms with E-state index in [1.54, 1.807) is 0 Å². The maximum absolute atomic E-state index is 11.7. The summed E-state index contributed by atoms with van der Waals surface area (Å²) in [5.41, 5.74) is 1.78. The zero-order valence-corrected chi connectivity index (χ0v) is 15.8. The van der Waals surface area contributed by atoms with Gasteiger partial charge in [0.1, 0.15) is 5.82 Å². The van der Waals surface area contributed by atoms with E-state index in [-0.39, 0.29) is 17.5 Å². The number of benzene rings is 1. The summed E-state index contributed by atoms with van der Waals surface area (Å²) in [7, 11) is -1.06. The lowest BCUT2D eigenvalue weighted by Crippen LogP contribution is -2.33. The highest BCUT2D eigenvalue weighted by Crippen LogP contribution is 2.23. The van der Waals surface area contributed by atoms with E-state index in [1.165, 1.54) is 0 Å². The minimum atomic E-state index is -2.94. The highest BCUT2D eigenvalue weighted by atomic mass is 35.5. The van der Waals surface area contributed by atoms with Crippen LogP contribution in [0, 0.1) is 6.92 Å². The van der Waals surface area contributed by atoms with Crippen LogP contribution in [-0.2, 0) is 16.4 Å². The Hall–Kier alpha value is -1.86. The predicted molar refractivity (Wildman–Crippen MR) is 101 cm³/mol. The molecular weight excluding hydrogens is 360 g/mol. The third-order valence-corrected chi connectivity index (χ3v) is 6.47. The largest absolute Gasteiger partial charge is 0.355 e. The maximum Gasteiger partial charge on any atom is 0.225 e. The molecule has 0 aliphatic carbocycles. The van der Waals surface area contributed by atoms with Crippen molar-refractivity contribution in [1.82, 2.24) is 9.97 Å². The van der Waals surface area contributed by atoms with E-state index in [9.17, 15) is 8.42 Å². The lowest BCUT2D eigenvalue weighted by Gasteiger charge is -2.25. The van der Waals surface area contributed by atoms with Gasteiger partial charge in [-0.2, -0.15) is 4.98 Å². The lowest BCUT2D eigenvalue weighted by atomic mass is 10.2. The monoisotopic (exact) mass is 380 g/mol. The van der Waals surface area contributed by atoms with Crippen LogP contribution in [-0.4, -0.2) is 43.0 Å². The first kappa shape index (κ1) is 17.9. The van der Waals surface area contributed by atoms with Crippen LogP contribution >= 0.6 is 11.6 Å². The van der Waals surface area contributed by atoms with E-state index in [1.807, 2.05) is 49.2 Å². The highest BCUT2D eigenvalue weighted by Gasteiger charge is 2.31. The van der Waals surface area contributed by atoms with Crippen LogP contribution in [0.2, 0.25) is 5.02 Å². The molecular formula is C17H21ClN4O2S. The predicted octanol–water partition coefficient (Wildman–Crippen LogP) is 2.67. The van der Waals surface area contributed by atoms with Crippen LogP contribution in [0.5, 0.6) is 0 Å². The molecule has 1 saturated heterocycles. The second-order valence-electron chi connectivity index (χ2n) is 6.30. The smallest absolute Gasteiger partial charge is 0.225 e. The van der Waals surface area contributed by atoms with Crippen molar-refractivity contribution >= 4 is 33.2 Å². The summed E-state index contributed by atoms with van der Waals surface area (Å²) in [4.78, 5) is 10.9. The lowest BCUT2D eigenvalue weighted by molar-refractivity contribution is 0.600. The van der Waals surface area contributed by atoms with Crippen LogP contribution < -0.4 is 10.2 Å². The van der Waals surface area contributed by atoms with Gasteiger partial charge in [0, 0.05) is 36.4 Å². The van der Waals surface area contributed by atoms with Crippen LogP contribution in [0.25, 0.3) is 0 Å². The Kier molecular flexibility index (Phi) is 5.15. The topological polar surface area (TPSA) is 75.2 Å². The summed E-state index contributed by atoms with van der Waals surface area (Å²) in [6.45, 7) is 2.41. The van der Waals surface area contributed by atoms with Crippen molar-refractivity contribution in [2.24, 2.45) is 0 Å². The van der Waals surface area contributed by atoms with Crippen molar-refractivity contribution in [3.8, 4) is 0 Å². The summed E-state index contributed by atoms with van der Waals surface area (Å²) < 4.78 is 23.4. The average Bonchev–Trinajstić information content (AvgIpc) is 2.93. The number of nitrogens with zero attached hydrogens (tertiary/aromatic N) is 3. The van der Waals surface area contributed by atoms with Gasteiger partial charge in [-0.15, -0.1) is 0 Å². The van der Waals surface area contributed by atoms with E-state index in [2.05, 4.69) is 15.3 Å². The summed E-state index contributed by atoms with van der Waals surface area (Å²) in [5, 5.41) is 3.88. The Morgan fingerprint density at radius 1 is 1.32 bits per heavy atom. The third kappa shape index (κ3) is 4.41. The van der Waals surface area contributed by atoms with Crippen molar-refractivity contribution in [2.45, 2.75) is 25.9 Å². The molecule has 1 aliphatic heterocycles. The normalized spacial score (nSPS) is 18.9. The van der Waals surface area contributed by atoms with Gasteiger partial charge in [-0.3, -0.25) is 0 Å². The second kappa shape index (κ2) is 7.17. The molecule has 3 rings (SSSR count). The minimum Gasteiger partial charge on any atom is -0.355 e. The Bertz CT molecular complexity index is 873. The molecule has 8 heteroatoms. The number of rotatable bonds is 5. The first-order valence-electron chi connectivity index (χ1n) is 8.10. The summed E-state index contributed by atoms with van der Waals surface area (Å²) in [6.07, 6.45) is 0.629. The minimum absolute atomic E-state index is 0.0456. The van der Waals surface area contributed by atoms with Gasteiger partial charge in [0.05, 0.1) is 11.5 Å². The Labute approximate surface area is 153 Å². The molecule has 25 heavy (non-hydrogen) atoms. The zero-order valence-electron chi connectivity index (χ0n) is 14.2. The molecule has 0 saturated carbocycles. The molecule has 2 aromatic rings. The van der Waals surface area contributed by atoms with Gasteiger partial charge >= 0.3 is 0 Å². The van der Waals surface area contributed by atoms with Crippen molar-refractivity contribution in [1.29, 1.82) is 0 Å². The number of aromatic nitrogens is 2. The van der Waals surface area contributed by atoms with Crippen LogP contribution in [0.4, 0.5) is 11.8 Å². The Morgan fingerprint density at radius 3 is 2.76 bits per heavy atom. The van der Waals surface area contributed by atoms with E-state index in [4.69, 9.17) is 11.6 Å². The molecule has 1 fully saturated rings. The molecule has 1 unspecified atom stereocenters. The molecule has 0 spiro atoms. The van der Waals surface area contributed by atoms with Gasteiger partial charge < -0.3 is 10.2 Å². The van der Waals surface area contributed by atoms with Crippen molar-refractivity contribution < 1.29 is 8.42 Å². The van der Waals surface area contributed by atoms with Gasteiger partial charge in [0.15, 0.2) is 9.84 Å². The molecule has 0 amide bonds. The summed E-state index contributed by atoms with van der Waals surface area (Å²) in [5.74, 6) is 1.64. The molecule has 0 radical (unpaired) electrons. The molecule has 1 aliphatic rings. The first-order valence-corrected chi connectivity index (χ1v) is 10.3. The average molecular weight is 381 g/mol. The number of hydrogen-bond acceptors (Lipinski definition) is 6. The van der Waals surface area contributed by atoms with E-state index in [0.717, 1.165) is 17.1 Å². The Balaban J connectivity index is 1.75. The SMILES string of the molecule is Cc1cc(N(C)C2CCS(=O)(=O)C2)nc(NCc2ccccc2Cl)n1. The van der Waals surface area contributed by atoms with Crippen LogP contribution in [0.3, 0.4) is 0 Å². The number of halogens is 1. The van der Waals surface area contributed by atoms with Gasteiger partial charge in [-0.25, -0.2) is 13.4 Å². The van der Waals surface area contributed by atoms with E-state index < -0.39 is 9.84 Å².